The van der Waals surface area contributed by atoms with Gasteiger partial charge in [-0.15, -0.1) is 0 Å². The molecule has 0 radical (unpaired) electrons. The van der Waals surface area contributed by atoms with Crippen LogP contribution in [0.4, 0.5) is 11.4 Å². The maximum Gasteiger partial charge on any atom is 0.336 e. The summed E-state index contributed by atoms with van der Waals surface area (Å²) in [4.78, 5) is 2.56. The Bertz CT molecular complexity index is 2790. The molecule has 0 aliphatic carbocycles. The maximum absolute atomic E-state index is 7.01. The maximum atomic E-state index is 7.01. The SMILES string of the molecule is c1ccc(-c2cc3c4c(c2)-c2ccccc2N(c2ccccc2-c2ccccc2)B4c2cc(-n4c5ccccc5c5ccccc54)ccc2O3)cc1. The highest BCUT2D eigenvalue weighted by Gasteiger charge is 2.44. The van der Waals surface area contributed by atoms with Crippen LogP contribution >= 0.6 is 0 Å². The minimum Gasteiger partial charge on any atom is -0.458 e. The number of aromatic nitrogens is 1. The van der Waals surface area contributed by atoms with E-state index < -0.39 is 0 Å². The largest absolute Gasteiger partial charge is 0.458 e. The number of ether oxygens (including phenoxy) is 1. The number of para-hydroxylation sites is 4. The van der Waals surface area contributed by atoms with Crippen molar-refractivity contribution in [3.8, 4) is 50.6 Å². The Hall–Kier alpha value is -6.78. The third-order valence-electron chi connectivity index (χ3n) is 10.8. The molecule has 0 spiro atoms. The van der Waals surface area contributed by atoms with Crippen molar-refractivity contribution in [3.63, 3.8) is 0 Å². The van der Waals surface area contributed by atoms with Gasteiger partial charge in [-0.3, -0.25) is 0 Å². The molecule has 0 bridgehead atoms. The standard InChI is InChI=1S/C48H31BN2O/c1-3-15-32(16-4-1)34-29-40-39-22-10-14-26-45(39)51(44-25-13-7-19-36(44)33-17-5-2-6-18-33)49-41-31-35(27-28-46(41)52-47(30-34)48(40)49)50-42-23-11-8-20-37(42)38-21-9-12-24-43(38)50/h1-31H. The lowest BCUT2D eigenvalue weighted by atomic mass is 9.44. The summed E-state index contributed by atoms with van der Waals surface area (Å²) in [6.07, 6.45) is 0. The van der Waals surface area contributed by atoms with Gasteiger partial charge in [-0.05, 0) is 82.3 Å². The summed E-state index contributed by atoms with van der Waals surface area (Å²) in [5, 5.41) is 2.50. The molecule has 3 heterocycles. The van der Waals surface area contributed by atoms with E-state index in [4.69, 9.17) is 4.74 Å². The van der Waals surface area contributed by atoms with Gasteiger partial charge in [-0.1, -0.05) is 133 Å². The predicted octanol–water partition coefficient (Wildman–Crippen LogP) is 11.1. The van der Waals surface area contributed by atoms with Gasteiger partial charge < -0.3 is 14.1 Å². The second-order valence-corrected chi connectivity index (χ2v) is 13.7. The van der Waals surface area contributed by atoms with E-state index in [2.05, 4.69) is 197 Å². The van der Waals surface area contributed by atoms with E-state index in [1.165, 1.54) is 60.8 Å². The summed E-state index contributed by atoms with van der Waals surface area (Å²) < 4.78 is 9.41. The van der Waals surface area contributed by atoms with Crippen molar-refractivity contribution in [2.45, 2.75) is 0 Å². The lowest BCUT2D eigenvalue weighted by molar-refractivity contribution is 0.487. The molecular formula is C48H31BN2O. The Morgan fingerprint density at radius 1 is 0.404 bits per heavy atom. The molecule has 0 fully saturated rings. The van der Waals surface area contributed by atoms with Crippen molar-refractivity contribution in [2.24, 2.45) is 0 Å². The predicted molar refractivity (Wildman–Crippen MR) is 217 cm³/mol. The first kappa shape index (κ1) is 29.0. The van der Waals surface area contributed by atoms with Crippen molar-refractivity contribution in [3.05, 3.63) is 188 Å². The zero-order valence-electron chi connectivity index (χ0n) is 28.3. The average molecular weight is 663 g/mol. The molecule has 2 aliphatic rings. The summed E-state index contributed by atoms with van der Waals surface area (Å²) in [5.41, 5.74) is 15.2. The first-order valence-corrected chi connectivity index (χ1v) is 17.9. The average Bonchev–Trinajstić information content (AvgIpc) is 3.56. The molecule has 242 valence electrons. The van der Waals surface area contributed by atoms with Crippen LogP contribution in [0.25, 0.3) is 60.9 Å². The Morgan fingerprint density at radius 2 is 0.981 bits per heavy atom. The minimum absolute atomic E-state index is 0.147. The van der Waals surface area contributed by atoms with Crippen LogP contribution in [0.3, 0.4) is 0 Å². The Balaban J connectivity index is 1.21. The highest BCUT2D eigenvalue weighted by atomic mass is 16.5. The quantitative estimate of drug-likeness (QED) is 0.175. The van der Waals surface area contributed by atoms with Gasteiger partial charge in [-0.2, -0.15) is 0 Å². The normalized spacial score (nSPS) is 12.7. The number of hydrogen-bond donors (Lipinski definition) is 0. The van der Waals surface area contributed by atoms with Gasteiger partial charge in [0.25, 0.3) is 0 Å². The van der Waals surface area contributed by atoms with Gasteiger partial charge in [0, 0.05) is 44.4 Å². The van der Waals surface area contributed by atoms with Gasteiger partial charge in [0.2, 0.25) is 0 Å². The third kappa shape index (κ3) is 4.28. The summed E-state index contributed by atoms with van der Waals surface area (Å²) in [6, 6.07) is 67.8. The van der Waals surface area contributed by atoms with E-state index in [1.807, 2.05) is 0 Å². The van der Waals surface area contributed by atoms with Crippen LogP contribution in [0, 0.1) is 0 Å². The molecule has 9 aromatic rings. The van der Waals surface area contributed by atoms with Gasteiger partial charge in [0.1, 0.15) is 11.5 Å². The number of rotatable bonds is 4. The van der Waals surface area contributed by atoms with Crippen LogP contribution < -0.4 is 20.5 Å². The van der Waals surface area contributed by atoms with Crippen molar-refractivity contribution < 1.29 is 4.74 Å². The zero-order chi connectivity index (χ0) is 34.2. The van der Waals surface area contributed by atoms with Crippen molar-refractivity contribution in [1.82, 2.24) is 4.57 Å². The molecule has 4 heteroatoms. The molecule has 1 aromatic heterocycles. The molecule has 0 saturated heterocycles. The van der Waals surface area contributed by atoms with Gasteiger partial charge in [-0.25, -0.2) is 0 Å². The first-order valence-electron chi connectivity index (χ1n) is 17.9. The van der Waals surface area contributed by atoms with Crippen LogP contribution in [0.2, 0.25) is 0 Å². The summed E-state index contributed by atoms with van der Waals surface area (Å²) in [6.45, 7) is -0.147. The number of anilines is 2. The monoisotopic (exact) mass is 662 g/mol. The van der Waals surface area contributed by atoms with Crippen LogP contribution in [0.15, 0.2) is 188 Å². The van der Waals surface area contributed by atoms with E-state index >= 15 is 0 Å². The van der Waals surface area contributed by atoms with Crippen molar-refractivity contribution in [2.75, 3.05) is 4.81 Å². The zero-order valence-corrected chi connectivity index (χ0v) is 28.3. The van der Waals surface area contributed by atoms with Crippen molar-refractivity contribution in [1.29, 1.82) is 0 Å². The second kappa shape index (κ2) is 11.4. The van der Waals surface area contributed by atoms with E-state index in [1.54, 1.807) is 0 Å². The first-order chi connectivity index (χ1) is 25.8. The molecule has 0 saturated carbocycles. The molecule has 52 heavy (non-hydrogen) atoms. The van der Waals surface area contributed by atoms with Crippen molar-refractivity contribution >= 4 is 51.0 Å². The molecule has 2 aliphatic heterocycles. The molecule has 0 amide bonds. The highest BCUT2D eigenvalue weighted by Crippen LogP contribution is 2.47. The molecular weight excluding hydrogens is 631 g/mol. The Morgan fingerprint density at radius 3 is 1.69 bits per heavy atom. The number of hydrogen-bond acceptors (Lipinski definition) is 2. The van der Waals surface area contributed by atoms with Crippen LogP contribution in [-0.4, -0.2) is 11.4 Å². The van der Waals surface area contributed by atoms with Crippen LogP contribution in [0.1, 0.15) is 0 Å². The third-order valence-corrected chi connectivity index (χ3v) is 10.8. The Labute approximate surface area is 302 Å². The van der Waals surface area contributed by atoms with E-state index in [9.17, 15) is 0 Å². The smallest absolute Gasteiger partial charge is 0.336 e. The molecule has 0 unspecified atom stereocenters. The fraction of sp³-hybridized carbons (Fsp3) is 0. The Kier molecular flexibility index (Phi) is 6.35. The molecule has 11 rings (SSSR count). The summed E-state index contributed by atoms with van der Waals surface area (Å²) in [5.74, 6) is 1.77. The number of benzene rings is 8. The topological polar surface area (TPSA) is 17.4 Å². The molecule has 0 atom stereocenters. The van der Waals surface area contributed by atoms with Crippen LogP contribution in [-0.2, 0) is 0 Å². The van der Waals surface area contributed by atoms with E-state index in [0.717, 1.165) is 33.9 Å². The number of fused-ring (bicyclic) bond motifs is 7. The van der Waals surface area contributed by atoms with Crippen LogP contribution in [0.5, 0.6) is 11.5 Å². The summed E-state index contributed by atoms with van der Waals surface area (Å²) >= 11 is 0. The molecule has 0 N–H and O–H groups in total. The molecule has 3 nitrogen and oxygen atoms in total. The second-order valence-electron chi connectivity index (χ2n) is 13.7. The van der Waals surface area contributed by atoms with Gasteiger partial charge in [0.05, 0.1) is 11.0 Å². The summed E-state index contributed by atoms with van der Waals surface area (Å²) in [7, 11) is 0. The van der Waals surface area contributed by atoms with E-state index in [-0.39, 0.29) is 6.85 Å². The van der Waals surface area contributed by atoms with E-state index in [0.29, 0.717) is 0 Å². The minimum atomic E-state index is -0.147. The highest BCUT2D eigenvalue weighted by molar-refractivity contribution is 6.92. The lowest BCUT2D eigenvalue weighted by Gasteiger charge is -2.43. The lowest BCUT2D eigenvalue weighted by Crippen LogP contribution is -2.59. The molecule has 8 aromatic carbocycles. The van der Waals surface area contributed by atoms with Gasteiger partial charge in [0.15, 0.2) is 0 Å². The fourth-order valence-electron chi connectivity index (χ4n) is 8.60. The number of nitrogens with zero attached hydrogens (tertiary/aromatic N) is 2. The van der Waals surface area contributed by atoms with Gasteiger partial charge >= 0.3 is 6.85 Å². The fourth-order valence-corrected chi connectivity index (χ4v) is 8.60.